The highest BCUT2D eigenvalue weighted by atomic mass is 16.4. The number of carboxylic acid groups (broad SMARTS) is 1. The van der Waals surface area contributed by atoms with Gasteiger partial charge in [-0.1, -0.05) is 13.3 Å². The van der Waals surface area contributed by atoms with Crippen LogP contribution in [0, 0.1) is 12.3 Å². The second-order valence-corrected chi connectivity index (χ2v) is 6.00. The second-order valence-electron chi connectivity index (χ2n) is 6.00. The van der Waals surface area contributed by atoms with Gasteiger partial charge in [0.1, 0.15) is 5.82 Å². The van der Waals surface area contributed by atoms with E-state index in [0.29, 0.717) is 11.0 Å². The number of nitrogens with zero attached hydrogens (tertiary/aromatic N) is 2. The Morgan fingerprint density at radius 3 is 2.80 bits per heavy atom. The van der Waals surface area contributed by atoms with Gasteiger partial charge in [0, 0.05) is 6.54 Å². The van der Waals surface area contributed by atoms with E-state index in [9.17, 15) is 4.79 Å². The summed E-state index contributed by atoms with van der Waals surface area (Å²) in [5.74, 6) is 0.0944. The molecular weight excluding hydrogens is 252 g/mol. The number of aryl methyl sites for hydroxylation is 1. The van der Waals surface area contributed by atoms with Crippen molar-refractivity contribution in [3.8, 4) is 0 Å². The zero-order chi connectivity index (χ0) is 14.3. The van der Waals surface area contributed by atoms with Crippen LogP contribution in [0.25, 0.3) is 11.0 Å². The molecule has 0 spiro atoms. The largest absolute Gasteiger partial charge is 0.478 e. The third kappa shape index (κ3) is 2.19. The molecule has 1 heterocycles. The fraction of sp³-hybridized carbons (Fsp3) is 0.500. The summed E-state index contributed by atoms with van der Waals surface area (Å²) in [5, 5.41) is 9.14. The maximum absolute atomic E-state index is 11.1. The first kappa shape index (κ1) is 13.2. The molecule has 3 rings (SSSR count). The molecule has 0 amide bonds. The van der Waals surface area contributed by atoms with E-state index in [1.54, 1.807) is 12.1 Å². The van der Waals surface area contributed by atoms with E-state index in [2.05, 4.69) is 16.5 Å². The first-order valence-corrected chi connectivity index (χ1v) is 7.25. The van der Waals surface area contributed by atoms with Crippen molar-refractivity contribution < 1.29 is 9.90 Å². The van der Waals surface area contributed by atoms with E-state index in [-0.39, 0.29) is 0 Å². The summed E-state index contributed by atoms with van der Waals surface area (Å²) in [7, 11) is 0. The van der Waals surface area contributed by atoms with E-state index in [1.165, 1.54) is 25.7 Å². The summed E-state index contributed by atoms with van der Waals surface area (Å²) < 4.78 is 2.20. The van der Waals surface area contributed by atoms with E-state index in [4.69, 9.17) is 5.11 Å². The van der Waals surface area contributed by atoms with Gasteiger partial charge in [0.2, 0.25) is 0 Å². The Hall–Kier alpha value is -1.84. The number of carboxylic acids is 1. The van der Waals surface area contributed by atoms with Crippen molar-refractivity contribution in [1.82, 2.24) is 9.55 Å². The Morgan fingerprint density at radius 1 is 1.45 bits per heavy atom. The third-order valence-electron chi connectivity index (χ3n) is 4.42. The van der Waals surface area contributed by atoms with Gasteiger partial charge in [-0.25, -0.2) is 9.78 Å². The number of hydrogen-bond acceptors (Lipinski definition) is 2. The normalized spacial score (nSPS) is 16.5. The number of imidazole rings is 1. The van der Waals surface area contributed by atoms with Crippen LogP contribution in [0.1, 0.15) is 48.8 Å². The third-order valence-corrected chi connectivity index (χ3v) is 4.42. The van der Waals surface area contributed by atoms with Gasteiger partial charge in [0.05, 0.1) is 16.6 Å². The number of hydrogen-bond donors (Lipinski definition) is 1. The molecule has 4 nitrogen and oxygen atoms in total. The van der Waals surface area contributed by atoms with Crippen molar-refractivity contribution in [3.63, 3.8) is 0 Å². The Kier molecular flexibility index (Phi) is 3.04. The van der Waals surface area contributed by atoms with Crippen LogP contribution < -0.4 is 0 Å². The lowest BCUT2D eigenvalue weighted by Crippen LogP contribution is -2.13. The van der Waals surface area contributed by atoms with Crippen LogP contribution in [0.5, 0.6) is 0 Å². The van der Waals surface area contributed by atoms with E-state index in [1.807, 2.05) is 13.0 Å². The van der Waals surface area contributed by atoms with Gasteiger partial charge in [-0.2, -0.15) is 0 Å². The van der Waals surface area contributed by atoms with Gasteiger partial charge in [-0.05, 0) is 49.8 Å². The highest BCUT2D eigenvalue weighted by molar-refractivity contribution is 5.92. The minimum atomic E-state index is -0.882. The first-order valence-electron chi connectivity index (χ1n) is 7.25. The number of carbonyl (C=O) groups is 1. The first-order chi connectivity index (χ1) is 9.54. The molecule has 0 radical (unpaired) electrons. The summed E-state index contributed by atoms with van der Waals surface area (Å²) in [6, 6.07) is 5.18. The number of aromatic nitrogens is 2. The lowest BCUT2D eigenvalue weighted by molar-refractivity contribution is 0.0697. The van der Waals surface area contributed by atoms with Gasteiger partial charge in [-0.3, -0.25) is 0 Å². The standard InChI is InChI=1S/C16H20N2O2/c1-3-6-16(7-8-16)10-18-11(2)17-13-5-4-12(15(19)20)9-14(13)18/h4-5,9H,3,6-8,10H2,1-2H3,(H,19,20). The topological polar surface area (TPSA) is 55.1 Å². The summed E-state index contributed by atoms with van der Waals surface area (Å²) >= 11 is 0. The van der Waals surface area contributed by atoms with Gasteiger partial charge in [0.25, 0.3) is 0 Å². The molecule has 0 bridgehead atoms. The van der Waals surface area contributed by atoms with Crippen molar-refractivity contribution in [2.24, 2.45) is 5.41 Å². The molecule has 4 heteroatoms. The minimum Gasteiger partial charge on any atom is -0.478 e. The predicted molar refractivity (Wildman–Crippen MR) is 78.0 cm³/mol. The van der Waals surface area contributed by atoms with Crippen molar-refractivity contribution >= 4 is 17.0 Å². The maximum atomic E-state index is 11.1. The van der Waals surface area contributed by atoms with E-state index >= 15 is 0 Å². The molecule has 1 aromatic carbocycles. The van der Waals surface area contributed by atoms with Crippen molar-refractivity contribution in [2.45, 2.75) is 46.1 Å². The average Bonchev–Trinajstić information content (AvgIpc) is 3.09. The number of aromatic carboxylic acids is 1. The molecule has 0 unspecified atom stereocenters. The monoisotopic (exact) mass is 272 g/mol. The van der Waals surface area contributed by atoms with Gasteiger partial charge < -0.3 is 9.67 Å². The van der Waals surface area contributed by atoms with E-state index in [0.717, 1.165) is 23.4 Å². The Balaban J connectivity index is 2.03. The fourth-order valence-corrected chi connectivity index (χ4v) is 3.11. The molecule has 0 saturated heterocycles. The second kappa shape index (κ2) is 4.62. The fourth-order valence-electron chi connectivity index (χ4n) is 3.11. The van der Waals surface area contributed by atoms with Crippen LogP contribution in [0.15, 0.2) is 18.2 Å². The Morgan fingerprint density at radius 2 is 2.20 bits per heavy atom. The van der Waals surface area contributed by atoms with Crippen LogP contribution in [0.4, 0.5) is 0 Å². The molecule has 2 aromatic rings. The summed E-state index contributed by atoms with van der Waals surface area (Å²) in [6.07, 6.45) is 4.99. The quantitative estimate of drug-likeness (QED) is 0.904. The molecule has 1 aromatic heterocycles. The summed E-state index contributed by atoms with van der Waals surface area (Å²) in [4.78, 5) is 15.7. The van der Waals surface area contributed by atoms with Gasteiger partial charge in [0.15, 0.2) is 0 Å². The molecule has 1 aliphatic carbocycles. The molecule has 0 aliphatic heterocycles. The Labute approximate surface area is 118 Å². The molecule has 1 N–H and O–H groups in total. The van der Waals surface area contributed by atoms with Crippen molar-refractivity contribution in [1.29, 1.82) is 0 Å². The lowest BCUT2D eigenvalue weighted by Gasteiger charge is -2.16. The Bertz CT molecular complexity index is 668. The smallest absolute Gasteiger partial charge is 0.335 e. The van der Waals surface area contributed by atoms with Gasteiger partial charge in [-0.15, -0.1) is 0 Å². The van der Waals surface area contributed by atoms with Crippen LogP contribution in [-0.4, -0.2) is 20.6 Å². The zero-order valence-electron chi connectivity index (χ0n) is 12.0. The van der Waals surface area contributed by atoms with Crippen molar-refractivity contribution in [3.05, 3.63) is 29.6 Å². The highest BCUT2D eigenvalue weighted by Gasteiger charge is 2.42. The van der Waals surface area contributed by atoms with Crippen LogP contribution in [0.2, 0.25) is 0 Å². The highest BCUT2D eigenvalue weighted by Crippen LogP contribution is 2.51. The van der Waals surface area contributed by atoms with Crippen LogP contribution in [-0.2, 0) is 6.54 Å². The molecule has 1 aliphatic rings. The molecule has 1 saturated carbocycles. The molecule has 20 heavy (non-hydrogen) atoms. The van der Waals surface area contributed by atoms with Crippen molar-refractivity contribution in [2.75, 3.05) is 0 Å². The minimum absolute atomic E-state index is 0.332. The SMILES string of the molecule is CCCC1(Cn2c(C)nc3ccc(C(=O)O)cc32)CC1. The van der Waals surface area contributed by atoms with Gasteiger partial charge >= 0.3 is 5.97 Å². The molecule has 1 fully saturated rings. The summed E-state index contributed by atoms with van der Waals surface area (Å²) in [6.45, 7) is 5.19. The summed E-state index contributed by atoms with van der Waals surface area (Å²) in [5.41, 5.74) is 2.59. The lowest BCUT2D eigenvalue weighted by atomic mass is 10.0. The molecule has 106 valence electrons. The number of fused-ring (bicyclic) bond motifs is 1. The number of rotatable bonds is 5. The predicted octanol–water partition coefficient (Wildman–Crippen LogP) is 3.62. The maximum Gasteiger partial charge on any atom is 0.335 e. The van der Waals surface area contributed by atoms with E-state index < -0.39 is 5.97 Å². The molecular formula is C16H20N2O2. The van der Waals surface area contributed by atoms with Crippen LogP contribution >= 0.6 is 0 Å². The molecule has 0 atom stereocenters. The average molecular weight is 272 g/mol. The zero-order valence-corrected chi connectivity index (χ0v) is 12.0. The number of benzene rings is 1. The van der Waals surface area contributed by atoms with Crippen LogP contribution in [0.3, 0.4) is 0 Å².